The van der Waals surface area contributed by atoms with Crippen LogP contribution in [0.15, 0.2) is 64.4 Å². The van der Waals surface area contributed by atoms with Crippen molar-refractivity contribution in [3.8, 4) is 5.75 Å². The summed E-state index contributed by atoms with van der Waals surface area (Å²) in [5.74, 6) is 0.364. The Hall–Kier alpha value is -3.06. The van der Waals surface area contributed by atoms with Crippen molar-refractivity contribution in [1.82, 2.24) is 4.37 Å². The lowest BCUT2D eigenvalue weighted by atomic mass is 10.1. The first-order chi connectivity index (χ1) is 12.8. The minimum atomic E-state index is -0.411. The van der Waals surface area contributed by atoms with Gasteiger partial charge in [0.1, 0.15) is 22.1 Å². The molecule has 0 amide bonds. The molecule has 0 unspecified atom stereocenters. The van der Waals surface area contributed by atoms with Gasteiger partial charge in [-0.15, -0.1) is 0 Å². The van der Waals surface area contributed by atoms with Gasteiger partial charge >= 0.3 is 0 Å². The van der Waals surface area contributed by atoms with Crippen LogP contribution in [0.2, 0.25) is 0 Å². The fourth-order valence-corrected chi connectivity index (χ4v) is 3.55. The van der Waals surface area contributed by atoms with Crippen LogP contribution in [-0.4, -0.2) is 20.9 Å². The summed E-state index contributed by atoms with van der Waals surface area (Å²) in [6, 6.07) is 16.4. The number of hydrogen-bond acceptors (Lipinski definition) is 5. The molecule has 140 valence electrons. The smallest absolute Gasteiger partial charge is 0.271 e. The van der Waals surface area contributed by atoms with E-state index < -0.39 is 5.54 Å². The molecule has 7 heteroatoms. The van der Waals surface area contributed by atoms with Gasteiger partial charge in [-0.05, 0) is 68.7 Å². The predicted octanol–water partition coefficient (Wildman–Crippen LogP) is 4.12. The summed E-state index contributed by atoms with van der Waals surface area (Å²) in [7, 11) is 0. The number of phenolic OH excluding ortho intramolecular Hbond substituents is 1. The third-order valence-corrected chi connectivity index (χ3v) is 4.59. The van der Waals surface area contributed by atoms with Crippen LogP contribution in [-0.2, 0) is 0 Å². The normalized spacial score (nSPS) is 12.2. The number of benzene rings is 2. The van der Waals surface area contributed by atoms with Crippen molar-refractivity contribution < 1.29 is 5.11 Å². The molecule has 0 aliphatic carbocycles. The number of rotatable bonds is 4. The Labute approximate surface area is 161 Å². The number of H-pyrrole nitrogens is 1. The number of aliphatic imine (C=N–C) groups is 1. The molecule has 1 aromatic heterocycles. The molecule has 6 nitrogen and oxygen atoms in total. The topological polar surface area (TPSA) is 94.7 Å². The zero-order valence-electron chi connectivity index (χ0n) is 15.4. The van der Waals surface area contributed by atoms with E-state index in [1.165, 1.54) is 11.5 Å². The molecule has 0 atom stereocenters. The Balaban J connectivity index is 2.22. The van der Waals surface area contributed by atoms with E-state index in [1.807, 2.05) is 56.0 Å². The number of para-hydroxylation sites is 1. The molecule has 2 aromatic carbocycles. The number of nitrogens with zero attached hydrogens (tertiary/aromatic N) is 2. The minimum absolute atomic E-state index is 0.169. The van der Waals surface area contributed by atoms with Gasteiger partial charge in [0, 0.05) is 11.4 Å². The van der Waals surface area contributed by atoms with Gasteiger partial charge in [-0.25, -0.2) is 0 Å². The number of aromatic amines is 1. The largest absolute Gasteiger partial charge is 0.508 e. The Bertz CT molecular complexity index is 999. The van der Waals surface area contributed by atoms with Crippen molar-refractivity contribution in [2.75, 3.05) is 4.90 Å². The summed E-state index contributed by atoms with van der Waals surface area (Å²) in [6.45, 7) is 5.78. The Morgan fingerprint density at radius 3 is 2.26 bits per heavy atom. The molecule has 27 heavy (non-hydrogen) atoms. The number of anilines is 3. The van der Waals surface area contributed by atoms with Crippen LogP contribution in [0, 0.1) is 0 Å². The van der Waals surface area contributed by atoms with E-state index in [0.29, 0.717) is 10.6 Å². The van der Waals surface area contributed by atoms with Gasteiger partial charge in [0.05, 0.1) is 5.54 Å². The summed E-state index contributed by atoms with van der Waals surface area (Å²) in [4.78, 5) is 18.9. The standard InChI is InChI=1S/C20H22N4O2S/c1-20(2,3)22-17(21)16-18(26)23-27-19(16)24(13-7-5-4-6-8-13)14-9-11-15(25)12-10-14/h4-12,25H,1-3H3,(H2,21,22)(H,23,26). The van der Waals surface area contributed by atoms with Crippen LogP contribution < -0.4 is 16.2 Å². The van der Waals surface area contributed by atoms with Crippen molar-refractivity contribution in [1.29, 1.82) is 0 Å². The molecule has 0 aliphatic rings. The molecular weight excluding hydrogens is 360 g/mol. The van der Waals surface area contributed by atoms with E-state index in [2.05, 4.69) is 9.37 Å². The number of aromatic nitrogens is 1. The highest BCUT2D eigenvalue weighted by Crippen LogP contribution is 2.38. The van der Waals surface area contributed by atoms with Gasteiger partial charge in [-0.2, -0.15) is 0 Å². The van der Waals surface area contributed by atoms with Crippen LogP contribution in [0.4, 0.5) is 16.4 Å². The van der Waals surface area contributed by atoms with E-state index in [0.717, 1.165) is 11.4 Å². The lowest BCUT2D eigenvalue weighted by Gasteiger charge is -2.24. The average molecular weight is 382 g/mol. The van der Waals surface area contributed by atoms with Gasteiger partial charge in [0.25, 0.3) is 5.56 Å². The maximum absolute atomic E-state index is 12.5. The highest BCUT2D eigenvalue weighted by atomic mass is 32.1. The summed E-state index contributed by atoms with van der Waals surface area (Å²) in [5, 5.41) is 10.3. The number of hydrogen-bond donors (Lipinski definition) is 3. The van der Waals surface area contributed by atoms with Crippen LogP contribution >= 0.6 is 11.5 Å². The van der Waals surface area contributed by atoms with E-state index in [9.17, 15) is 9.90 Å². The van der Waals surface area contributed by atoms with Gasteiger partial charge in [0.2, 0.25) is 0 Å². The molecule has 0 radical (unpaired) electrons. The SMILES string of the molecule is CC(C)(C)N=C(N)c1c(N(c2ccccc2)c2ccc(O)cc2)s[nH]c1=O. The summed E-state index contributed by atoms with van der Waals surface area (Å²) in [6.07, 6.45) is 0. The monoisotopic (exact) mass is 382 g/mol. The number of nitrogens with two attached hydrogens (primary N) is 1. The van der Waals surface area contributed by atoms with Crippen LogP contribution in [0.25, 0.3) is 0 Å². The lowest BCUT2D eigenvalue weighted by molar-refractivity contribution is 0.475. The fraction of sp³-hybridized carbons (Fsp3) is 0.200. The molecular formula is C20H22N4O2S. The lowest BCUT2D eigenvalue weighted by Crippen LogP contribution is -2.27. The molecule has 0 saturated carbocycles. The Morgan fingerprint density at radius 2 is 1.67 bits per heavy atom. The Kier molecular flexibility index (Phi) is 5.05. The second kappa shape index (κ2) is 7.28. The highest BCUT2D eigenvalue weighted by Gasteiger charge is 2.24. The average Bonchev–Trinajstić information content (AvgIpc) is 2.98. The first-order valence-corrected chi connectivity index (χ1v) is 9.29. The van der Waals surface area contributed by atoms with Gasteiger partial charge in [0.15, 0.2) is 0 Å². The molecule has 3 aromatic rings. The predicted molar refractivity (Wildman–Crippen MR) is 112 cm³/mol. The fourth-order valence-electron chi connectivity index (χ4n) is 2.66. The van der Waals surface area contributed by atoms with Crippen LogP contribution in [0.5, 0.6) is 5.75 Å². The molecule has 0 aliphatic heterocycles. The van der Waals surface area contributed by atoms with Crippen LogP contribution in [0.3, 0.4) is 0 Å². The van der Waals surface area contributed by atoms with Crippen molar-refractivity contribution in [2.45, 2.75) is 26.3 Å². The molecule has 0 fully saturated rings. The third-order valence-electron chi connectivity index (χ3n) is 3.72. The summed E-state index contributed by atoms with van der Waals surface area (Å²) >= 11 is 1.20. The molecule has 0 bridgehead atoms. The zero-order chi connectivity index (χ0) is 19.6. The van der Waals surface area contributed by atoms with Crippen molar-refractivity contribution in [2.24, 2.45) is 10.7 Å². The number of nitrogens with one attached hydrogen (secondary N) is 1. The first kappa shape index (κ1) is 18.7. The van der Waals surface area contributed by atoms with Crippen molar-refractivity contribution in [3.05, 3.63) is 70.5 Å². The van der Waals surface area contributed by atoms with E-state index in [1.54, 1.807) is 24.3 Å². The molecule has 3 rings (SSSR count). The summed E-state index contributed by atoms with van der Waals surface area (Å²) < 4.78 is 2.77. The van der Waals surface area contributed by atoms with E-state index >= 15 is 0 Å². The minimum Gasteiger partial charge on any atom is -0.508 e. The second-order valence-corrected chi connectivity index (χ2v) is 7.86. The van der Waals surface area contributed by atoms with Gasteiger partial charge < -0.3 is 10.8 Å². The van der Waals surface area contributed by atoms with Crippen LogP contribution in [0.1, 0.15) is 26.3 Å². The van der Waals surface area contributed by atoms with Gasteiger partial charge in [-0.1, -0.05) is 18.2 Å². The molecule has 1 heterocycles. The molecule has 0 saturated heterocycles. The van der Waals surface area contributed by atoms with E-state index in [-0.39, 0.29) is 17.1 Å². The quantitative estimate of drug-likeness (QED) is 0.467. The molecule has 0 spiro atoms. The number of phenols is 1. The summed E-state index contributed by atoms with van der Waals surface area (Å²) in [5.41, 5.74) is 7.52. The van der Waals surface area contributed by atoms with Gasteiger partial charge in [-0.3, -0.25) is 19.1 Å². The number of amidine groups is 1. The highest BCUT2D eigenvalue weighted by molar-refractivity contribution is 7.10. The maximum Gasteiger partial charge on any atom is 0.271 e. The zero-order valence-corrected chi connectivity index (χ0v) is 16.2. The van der Waals surface area contributed by atoms with E-state index in [4.69, 9.17) is 5.73 Å². The van der Waals surface area contributed by atoms with Crippen molar-refractivity contribution >= 4 is 33.7 Å². The third kappa shape index (κ3) is 4.20. The number of aromatic hydroxyl groups is 1. The van der Waals surface area contributed by atoms with Crippen molar-refractivity contribution in [3.63, 3.8) is 0 Å². The second-order valence-electron chi connectivity index (χ2n) is 7.07. The maximum atomic E-state index is 12.5. The first-order valence-electron chi connectivity index (χ1n) is 8.47. The Morgan fingerprint density at radius 1 is 1.07 bits per heavy atom. The molecule has 4 N–H and O–H groups in total.